The Morgan fingerprint density at radius 2 is 2.07 bits per heavy atom. The maximum Gasteiger partial charge on any atom is 0.573 e. The van der Waals surface area contributed by atoms with Crippen molar-refractivity contribution < 1.29 is 22.3 Å². The first kappa shape index (κ1) is 19.0. The van der Waals surface area contributed by atoms with Crippen molar-refractivity contribution in [3.05, 3.63) is 44.8 Å². The summed E-state index contributed by atoms with van der Waals surface area (Å²) in [5, 5.41) is 3.48. The first-order chi connectivity index (χ1) is 12.8. The molecule has 1 aromatic carbocycles. The van der Waals surface area contributed by atoms with Crippen molar-refractivity contribution in [2.24, 2.45) is 0 Å². The van der Waals surface area contributed by atoms with Crippen LogP contribution >= 0.6 is 22.6 Å². The zero-order valence-corrected chi connectivity index (χ0v) is 16.5. The molecule has 0 radical (unpaired) electrons. The van der Waals surface area contributed by atoms with E-state index in [4.69, 9.17) is 4.98 Å². The number of halogens is 5. The predicted octanol–water partition coefficient (Wildman–Crippen LogP) is 4.68. The summed E-state index contributed by atoms with van der Waals surface area (Å²) >= 11 is 2.26. The average Bonchev–Trinajstić information content (AvgIpc) is 3.38. The second-order valence-electron chi connectivity index (χ2n) is 6.93. The van der Waals surface area contributed by atoms with Crippen LogP contribution in [0.4, 0.5) is 17.6 Å². The summed E-state index contributed by atoms with van der Waals surface area (Å²) in [6, 6.07) is 3.72. The Morgan fingerprint density at radius 1 is 1.30 bits per heavy atom. The van der Waals surface area contributed by atoms with Gasteiger partial charge in [-0.25, -0.2) is 9.37 Å². The van der Waals surface area contributed by atoms with Gasteiger partial charge in [0.05, 0.1) is 11.7 Å². The summed E-state index contributed by atoms with van der Waals surface area (Å²) < 4.78 is 57.6. The molecule has 1 aromatic heterocycles. The molecule has 1 aliphatic heterocycles. The number of nitrogens with one attached hydrogen (secondary N) is 1. The standard InChI is InChI=1S/C18H18F4IN3O/c19-12-9-10(2-6-14(12)27-18(20,21)22)1-5-13-15-16(23)25-17(11-3-4-11)26(15)8-7-24-13/h2,6,9,11,13,24H,1,3-5,7-8H2. The number of nitrogens with zero attached hydrogens (tertiary/aromatic N) is 2. The minimum Gasteiger partial charge on any atom is -0.403 e. The molecule has 1 saturated carbocycles. The topological polar surface area (TPSA) is 39.1 Å². The fraction of sp³-hybridized carbons (Fsp3) is 0.500. The minimum atomic E-state index is -4.90. The lowest BCUT2D eigenvalue weighted by Gasteiger charge is -2.27. The van der Waals surface area contributed by atoms with E-state index in [0.29, 0.717) is 24.3 Å². The molecule has 0 bridgehead atoms. The van der Waals surface area contributed by atoms with E-state index in [0.717, 1.165) is 28.9 Å². The fourth-order valence-electron chi connectivity index (χ4n) is 3.58. The van der Waals surface area contributed by atoms with Crippen LogP contribution in [0.5, 0.6) is 5.75 Å². The molecular formula is C18H18F4IN3O. The number of rotatable bonds is 5. The van der Waals surface area contributed by atoms with Crippen LogP contribution in [0, 0.1) is 9.52 Å². The summed E-state index contributed by atoms with van der Waals surface area (Å²) in [6.45, 7) is 1.74. The molecule has 1 N–H and O–H groups in total. The molecule has 2 aromatic rings. The number of hydrogen-bond acceptors (Lipinski definition) is 3. The van der Waals surface area contributed by atoms with Crippen molar-refractivity contribution in [1.29, 1.82) is 0 Å². The molecule has 0 amide bonds. The second-order valence-corrected chi connectivity index (χ2v) is 7.95. The van der Waals surface area contributed by atoms with Gasteiger partial charge in [0.1, 0.15) is 9.53 Å². The minimum absolute atomic E-state index is 0.0970. The second kappa shape index (κ2) is 7.23. The quantitative estimate of drug-likeness (QED) is 0.484. The van der Waals surface area contributed by atoms with Crippen LogP contribution in [0.1, 0.15) is 48.3 Å². The largest absolute Gasteiger partial charge is 0.573 e. The van der Waals surface area contributed by atoms with Crippen molar-refractivity contribution in [1.82, 2.24) is 14.9 Å². The Labute approximate surface area is 167 Å². The molecule has 27 heavy (non-hydrogen) atoms. The lowest BCUT2D eigenvalue weighted by molar-refractivity contribution is -0.275. The fourth-order valence-corrected chi connectivity index (χ4v) is 4.49. The van der Waals surface area contributed by atoms with Crippen LogP contribution in [0.25, 0.3) is 0 Å². The van der Waals surface area contributed by atoms with Crippen molar-refractivity contribution in [3.63, 3.8) is 0 Å². The van der Waals surface area contributed by atoms with Gasteiger partial charge in [-0.1, -0.05) is 6.07 Å². The van der Waals surface area contributed by atoms with Crippen molar-refractivity contribution in [3.8, 4) is 5.75 Å². The molecule has 4 nitrogen and oxygen atoms in total. The number of ether oxygens (including phenoxy) is 1. The molecule has 1 fully saturated rings. The number of fused-ring (bicyclic) bond motifs is 1. The Morgan fingerprint density at radius 3 is 2.74 bits per heavy atom. The molecule has 0 saturated heterocycles. The van der Waals surface area contributed by atoms with Gasteiger partial charge in [0.15, 0.2) is 11.6 Å². The van der Waals surface area contributed by atoms with E-state index < -0.39 is 17.9 Å². The van der Waals surface area contributed by atoms with Gasteiger partial charge in [0.2, 0.25) is 0 Å². The molecule has 4 rings (SSSR count). The van der Waals surface area contributed by atoms with E-state index in [1.165, 1.54) is 30.4 Å². The first-order valence-electron chi connectivity index (χ1n) is 8.85. The van der Waals surface area contributed by atoms with Crippen molar-refractivity contribution in [2.75, 3.05) is 6.54 Å². The Balaban J connectivity index is 1.46. The molecule has 1 aliphatic carbocycles. The van der Waals surface area contributed by atoms with Crippen LogP contribution < -0.4 is 10.1 Å². The van der Waals surface area contributed by atoms with Crippen molar-refractivity contribution >= 4 is 22.6 Å². The third kappa shape index (κ3) is 4.23. The molecular weight excluding hydrogens is 477 g/mol. The number of hydrogen-bond donors (Lipinski definition) is 1. The van der Waals surface area contributed by atoms with Gasteiger partial charge in [0.25, 0.3) is 0 Å². The normalized spacial score (nSPS) is 19.8. The third-order valence-electron chi connectivity index (χ3n) is 4.93. The SMILES string of the molecule is Fc1cc(CCC2NCCn3c(C4CC4)nc(I)c32)ccc1OC(F)(F)F. The zero-order chi connectivity index (χ0) is 19.2. The van der Waals surface area contributed by atoms with E-state index in [1.807, 2.05) is 0 Å². The van der Waals surface area contributed by atoms with Crippen LogP contribution in [-0.4, -0.2) is 22.5 Å². The predicted molar refractivity (Wildman–Crippen MR) is 99.1 cm³/mol. The molecule has 2 aliphatic rings. The summed E-state index contributed by atoms with van der Waals surface area (Å²) in [6.07, 6.45) is -1.26. The molecule has 1 atom stereocenters. The highest BCUT2D eigenvalue weighted by atomic mass is 127. The highest BCUT2D eigenvalue weighted by Crippen LogP contribution is 2.42. The van der Waals surface area contributed by atoms with Gasteiger partial charge in [-0.05, 0) is 66.0 Å². The molecule has 2 heterocycles. The van der Waals surface area contributed by atoms with Gasteiger partial charge in [-0.2, -0.15) is 0 Å². The zero-order valence-electron chi connectivity index (χ0n) is 14.3. The van der Waals surface area contributed by atoms with E-state index in [9.17, 15) is 17.6 Å². The summed E-state index contributed by atoms with van der Waals surface area (Å²) in [7, 11) is 0. The van der Waals surface area contributed by atoms with E-state index in [-0.39, 0.29) is 6.04 Å². The van der Waals surface area contributed by atoms with Crippen LogP contribution in [-0.2, 0) is 13.0 Å². The lowest BCUT2D eigenvalue weighted by Crippen LogP contribution is -2.34. The lowest BCUT2D eigenvalue weighted by atomic mass is 10.0. The van der Waals surface area contributed by atoms with Gasteiger partial charge in [-0.3, -0.25) is 0 Å². The van der Waals surface area contributed by atoms with Crippen LogP contribution in [0.3, 0.4) is 0 Å². The molecule has 0 spiro atoms. The van der Waals surface area contributed by atoms with Gasteiger partial charge < -0.3 is 14.6 Å². The number of imidazole rings is 1. The van der Waals surface area contributed by atoms with Gasteiger partial charge in [-0.15, -0.1) is 13.2 Å². The highest BCUT2D eigenvalue weighted by molar-refractivity contribution is 14.1. The summed E-state index contributed by atoms with van der Waals surface area (Å²) in [5.74, 6) is -0.0669. The number of aromatic nitrogens is 2. The molecule has 9 heteroatoms. The number of benzene rings is 1. The Hall–Kier alpha value is -1.36. The summed E-state index contributed by atoms with van der Waals surface area (Å²) in [4.78, 5) is 4.75. The Kier molecular flexibility index (Phi) is 5.08. The maximum atomic E-state index is 13.9. The summed E-state index contributed by atoms with van der Waals surface area (Å²) in [5.41, 5.74) is 1.80. The van der Waals surface area contributed by atoms with E-state index in [2.05, 4.69) is 37.2 Å². The number of alkyl halides is 3. The first-order valence-corrected chi connectivity index (χ1v) is 9.93. The molecule has 1 unspecified atom stereocenters. The van der Waals surface area contributed by atoms with Crippen molar-refractivity contribution in [2.45, 2.75) is 50.6 Å². The monoisotopic (exact) mass is 495 g/mol. The average molecular weight is 495 g/mol. The Bertz CT molecular complexity index is 848. The number of aryl methyl sites for hydroxylation is 1. The van der Waals surface area contributed by atoms with Gasteiger partial charge in [0, 0.05) is 19.0 Å². The van der Waals surface area contributed by atoms with E-state index in [1.54, 1.807) is 0 Å². The third-order valence-corrected chi connectivity index (χ3v) is 5.73. The van der Waals surface area contributed by atoms with Gasteiger partial charge >= 0.3 is 6.36 Å². The van der Waals surface area contributed by atoms with Crippen LogP contribution in [0.15, 0.2) is 18.2 Å². The van der Waals surface area contributed by atoms with E-state index >= 15 is 0 Å². The maximum absolute atomic E-state index is 13.9. The highest BCUT2D eigenvalue weighted by Gasteiger charge is 2.34. The molecule has 146 valence electrons. The smallest absolute Gasteiger partial charge is 0.403 e. The van der Waals surface area contributed by atoms with Crippen LogP contribution in [0.2, 0.25) is 0 Å².